The van der Waals surface area contributed by atoms with Crippen LogP contribution in [-0.4, -0.2) is 16.0 Å². The molecule has 1 unspecified atom stereocenters. The van der Waals surface area contributed by atoms with Crippen LogP contribution in [0.2, 0.25) is 0 Å². The summed E-state index contributed by atoms with van der Waals surface area (Å²) < 4.78 is 5.28. The highest BCUT2D eigenvalue weighted by Gasteiger charge is 2.10. The van der Waals surface area contributed by atoms with Gasteiger partial charge in [0.25, 0.3) is 0 Å². The smallest absolute Gasteiger partial charge is 0.163 e. The van der Waals surface area contributed by atoms with Gasteiger partial charge >= 0.3 is 0 Å². The van der Waals surface area contributed by atoms with E-state index in [-0.39, 0.29) is 6.04 Å². The third-order valence-corrected chi connectivity index (χ3v) is 2.54. The fraction of sp³-hybridized carbons (Fsp3) is 0.385. The zero-order valence-corrected chi connectivity index (χ0v) is 10.4. The molecule has 0 aliphatic carbocycles. The van der Waals surface area contributed by atoms with E-state index in [0.717, 1.165) is 29.1 Å². The van der Waals surface area contributed by atoms with Crippen molar-refractivity contribution in [2.24, 2.45) is 5.73 Å². The summed E-state index contributed by atoms with van der Waals surface area (Å²) in [6.45, 7) is 5.84. The van der Waals surface area contributed by atoms with Crippen molar-refractivity contribution in [2.75, 3.05) is 0 Å². The average molecular weight is 231 g/mol. The van der Waals surface area contributed by atoms with Crippen LogP contribution in [0.4, 0.5) is 0 Å². The summed E-state index contributed by atoms with van der Waals surface area (Å²) in [5.74, 6) is 1.55. The second-order valence-electron chi connectivity index (χ2n) is 4.40. The second kappa shape index (κ2) is 4.67. The summed E-state index contributed by atoms with van der Waals surface area (Å²) in [5.41, 5.74) is 8.66. The van der Waals surface area contributed by atoms with E-state index < -0.39 is 0 Å². The predicted molar refractivity (Wildman–Crippen MR) is 66.6 cm³/mol. The molecule has 90 valence electrons. The Kier molecular flexibility index (Phi) is 3.24. The van der Waals surface area contributed by atoms with Gasteiger partial charge in [-0.05, 0) is 32.9 Å². The van der Waals surface area contributed by atoms with Crippen molar-refractivity contribution < 1.29 is 4.42 Å². The standard InChI is InChI=1S/C13H17N3O/c1-8(14)6-11-7-9(2)15-13(16-11)12-4-5-17-10(12)3/h4-5,7-8H,6,14H2,1-3H3. The van der Waals surface area contributed by atoms with E-state index >= 15 is 0 Å². The fourth-order valence-corrected chi connectivity index (χ4v) is 1.81. The number of hydrogen-bond donors (Lipinski definition) is 1. The number of nitrogens with zero attached hydrogens (tertiary/aromatic N) is 2. The van der Waals surface area contributed by atoms with Gasteiger partial charge in [-0.15, -0.1) is 0 Å². The van der Waals surface area contributed by atoms with Gasteiger partial charge in [0.15, 0.2) is 5.82 Å². The molecule has 2 N–H and O–H groups in total. The molecule has 0 bridgehead atoms. The lowest BCUT2D eigenvalue weighted by atomic mass is 10.1. The predicted octanol–water partition coefficient (Wildman–Crippen LogP) is 2.24. The number of nitrogens with two attached hydrogens (primary N) is 1. The molecule has 17 heavy (non-hydrogen) atoms. The summed E-state index contributed by atoms with van der Waals surface area (Å²) >= 11 is 0. The normalized spacial score (nSPS) is 12.7. The summed E-state index contributed by atoms with van der Waals surface area (Å²) in [6.07, 6.45) is 2.41. The van der Waals surface area contributed by atoms with E-state index in [1.54, 1.807) is 6.26 Å². The Morgan fingerprint density at radius 2 is 2.12 bits per heavy atom. The molecule has 2 heterocycles. The van der Waals surface area contributed by atoms with E-state index in [2.05, 4.69) is 9.97 Å². The van der Waals surface area contributed by atoms with Crippen molar-refractivity contribution in [3.05, 3.63) is 35.5 Å². The third-order valence-electron chi connectivity index (χ3n) is 2.54. The zero-order chi connectivity index (χ0) is 12.4. The quantitative estimate of drug-likeness (QED) is 0.879. The van der Waals surface area contributed by atoms with Crippen LogP contribution in [-0.2, 0) is 6.42 Å². The molecule has 0 spiro atoms. The van der Waals surface area contributed by atoms with Crippen LogP contribution < -0.4 is 5.73 Å². The Morgan fingerprint density at radius 3 is 2.71 bits per heavy atom. The van der Waals surface area contributed by atoms with Crippen molar-refractivity contribution >= 4 is 0 Å². The minimum atomic E-state index is 0.0996. The molecule has 2 aromatic heterocycles. The van der Waals surface area contributed by atoms with Crippen molar-refractivity contribution in [3.8, 4) is 11.4 Å². The van der Waals surface area contributed by atoms with Crippen molar-refractivity contribution in [1.82, 2.24) is 9.97 Å². The molecule has 1 atom stereocenters. The lowest BCUT2D eigenvalue weighted by molar-refractivity contribution is 0.535. The van der Waals surface area contributed by atoms with Crippen LogP contribution in [0, 0.1) is 13.8 Å². The van der Waals surface area contributed by atoms with Gasteiger partial charge < -0.3 is 10.2 Å². The van der Waals surface area contributed by atoms with E-state index in [4.69, 9.17) is 10.2 Å². The van der Waals surface area contributed by atoms with Crippen LogP contribution in [0.3, 0.4) is 0 Å². The molecule has 0 fully saturated rings. The number of aromatic nitrogens is 2. The summed E-state index contributed by atoms with van der Waals surface area (Å²) in [5, 5.41) is 0. The van der Waals surface area contributed by atoms with Gasteiger partial charge in [-0.3, -0.25) is 0 Å². The monoisotopic (exact) mass is 231 g/mol. The minimum absolute atomic E-state index is 0.0996. The zero-order valence-electron chi connectivity index (χ0n) is 10.4. The molecule has 0 aliphatic heterocycles. The summed E-state index contributed by atoms with van der Waals surface area (Å²) in [6, 6.07) is 3.96. The van der Waals surface area contributed by atoms with Crippen LogP contribution in [0.25, 0.3) is 11.4 Å². The average Bonchev–Trinajstić information content (AvgIpc) is 2.62. The molecule has 2 rings (SSSR count). The maximum Gasteiger partial charge on any atom is 0.163 e. The molecule has 0 saturated heterocycles. The molecular weight excluding hydrogens is 214 g/mol. The molecule has 0 amide bonds. The van der Waals surface area contributed by atoms with E-state index in [1.165, 1.54) is 0 Å². The first-order valence-corrected chi connectivity index (χ1v) is 5.71. The van der Waals surface area contributed by atoms with Crippen LogP contribution in [0.15, 0.2) is 22.8 Å². The van der Waals surface area contributed by atoms with Gasteiger partial charge in [0, 0.05) is 23.9 Å². The maximum atomic E-state index is 5.79. The van der Waals surface area contributed by atoms with Gasteiger partial charge in [-0.25, -0.2) is 9.97 Å². The van der Waals surface area contributed by atoms with Gasteiger partial charge in [0.1, 0.15) is 5.76 Å². The summed E-state index contributed by atoms with van der Waals surface area (Å²) in [7, 11) is 0. The van der Waals surface area contributed by atoms with E-state index in [9.17, 15) is 0 Å². The summed E-state index contributed by atoms with van der Waals surface area (Å²) in [4.78, 5) is 8.96. The number of furan rings is 1. The molecule has 0 radical (unpaired) electrons. The Balaban J connectivity index is 2.42. The lowest BCUT2D eigenvalue weighted by Crippen LogP contribution is -2.19. The molecule has 2 aromatic rings. The Morgan fingerprint density at radius 1 is 1.35 bits per heavy atom. The minimum Gasteiger partial charge on any atom is -0.469 e. The van der Waals surface area contributed by atoms with E-state index in [0.29, 0.717) is 5.82 Å². The number of hydrogen-bond acceptors (Lipinski definition) is 4. The maximum absolute atomic E-state index is 5.79. The Labute approximate surface area is 101 Å². The SMILES string of the molecule is Cc1cc(CC(C)N)nc(-c2ccoc2C)n1. The van der Waals surface area contributed by atoms with E-state index in [1.807, 2.05) is 32.9 Å². The van der Waals surface area contributed by atoms with Gasteiger partial charge in [0.05, 0.1) is 11.8 Å². The number of rotatable bonds is 3. The van der Waals surface area contributed by atoms with Gasteiger partial charge in [0.2, 0.25) is 0 Å². The molecule has 4 nitrogen and oxygen atoms in total. The topological polar surface area (TPSA) is 64.9 Å². The highest BCUT2D eigenvalue weighted by molar-refractivity contribution is 5.57. The molecule has 0 aliphatic rings. The highest BCUT2D eigenvalue weighted by atomic mass is 16.3. The largest absolute Gasteiger partial charge is 0.469 e. The van der Waals surface area contributed by atoms with Crippen molar-refractivity contribution in [3.63, 3.8) is 0 Å². The fourth-order valence-electron chi connectivity index (χ4n) is 1.81. The third kappa shape index (κ3) is 2.71. The lowest BCUT2D eigenvalue weighted by Gasteiger charge is -2.07. The van der Waals surface area contributed by atoms with Crippen LogP contribution >= 0.6 is 0 Å². The Hall–Kier alpha value is -1.68. The van der Waals surface area contributed by atoms with Crippen molar-refractivity contribution in [1.29, 1.82) is 0 Å². The molecule has 0 aromatic carbocycles. The first-order chi connectivity index (χ1) is 8.06. The second-order valence-corrected chi connectivity index (χ2v) is 4.40. The highest BCUT2D eigenvalue weighted by Crippen LogP contribution is 2.21. The van der Waals surface area contributed by atoms with Crippen LogP contribution in [0.5, 0.6) is 0 Å². The van der Waals surface area contributed by atoms with Crippen LogP contribution in [0.1, 0.15) is 24.1 Å². The van der Waals surface area contributed by atoms with Crippen molar-refractivity contribution in [2.45, 2.75) is 33.2 Å². The molecule has 4 heteroatoms. The number of aryl methyl sites for hydroxylation is 2. The molecular formula is C13H17N3O. The van der Waals surface area contributed by atoms with Gasteiger partial charge in [-0.1, -0.05) is 0 Å². The first kappa shape index (κ1) is 11.8. The first-order valence-electron chi connectivity index (χ1n) is 5.71. The molecule has 0 saturated carbocycles. The van der Waals surface area contributed by atoms with Gasteiger partial charge in [-0.2, -0.15) is 0 Å². The Bertz CT molecular complexity index is 517.